The van der Waals surface area contributed by atoms with E-state index in [9.17, 15) is 9.59 Å². The molecule has 0 unspecified atom stereocenters. The number of ether oxygens (including phenoxy) is 1. The molecule has 1 aliphatic heterocycles. The molecule has 1 aliphatic rings. The summed E-state index contributed by atoms with van der Waals surface area (Å²) >= 11 is 0. The molecule has 2 heterocycles. The Kier molecular flexibility index (Phi) is 3.53. The Hall–Kier alpha value is -1.95. The van der Waals surface area contributed by atoms with Gasteiger partial charge >= 0.3 is 0 Å². The number of hydrogen-bond donors (Lipinski definition) is 2. The normalized spacial score (nSPS) is 21.1. The van der Waals surface area contributed by atoms with Crippen molar-refractivity contribution in [2.45, 2.75) is 38.4 Å². The van der Waals surface area contributed by atoms with Gasteiger partial charge in [-0.3, -0.25) is 14.6 Å². The number of aromatic nitrogens is 1. The van der Waals surface area contributed by atoms with Gasteiger partial charge in [-0.2, -0.15) is 0 Å². The fourth-order valence-electron chi connectivity index (χ4n) is 2.03. The molecule has 19 heavy (non-hydrogen) atoms. The molecule has 2 amide bonds. The van der Waals surface area contributed by atoms with E-state index in [1.54, 1.807) is 6.07 Å². The molecule has 6 heteroatoms. The van der Waals surface area contributed by atoms with Crippen LogP contribution in [0.4, 0.5) is 5.69 Å². The molecule has 102 valence electrons. The number of nitrogens with zero attached hydrogens (tertiary/aromatic N) is 1. The molecule has 0 radical (unpaired) electrons. The molecular weight excluding hydrogens is 246 g/mol. The first-order valence-electron chi connectivity index (χ1n) is 6.12. The van der Waals surface area contributed by atoms with Gasteiger partial charge in [-0.05, 0) is 38.8 Å². The van der Waals surface area contributed by atoms with Gasteiger partial charge in [0.05, 0.1) is 5.60 Å². The lowest BCUT2D eigenvalue weighted by molar-refractivity contribution is -0.129. The third kappa shape index (κ3) is 3.29. The molecular formula is C13H17N3O3. The van der Waals surface area contributed by atoms with Gasteiger partial charge in [0.1, 0.15) is 11.8 Å². The second kappa shape index (κ2) is 4.97. The van der Waals surface area contributed by atoms with Crippen molar-refractivity contribution >= 4 is 17.5 Å². The summed E-state index contributed by atoms with van der Waals surface area (Å²) in [5, 5.41) is 2.71. The third-order valence-corrected chi connectivity index (χ3v) is 3.04. The second-order valence-corrected chi connectivity index (χ2v) is 5.19. The lowest BCUT2D eigenvalue weighted by atomic mass is 10.1. The lowest BCUT2D eigenvalue weighted by Crippen LogP contribution is -2.30. The number of primary amides is 1. The minimum atomic E-state index is -0.630. The van der Waals surface area contributed by atoms with Crippen molar-refractivity contribution in [3.8, 4) is 0 Å². The summed E-state index contributed by atoms with van der Waals surface area (Å²) in [6.45, 7) is 3.91. The first-order valence-corrected chi connectivity index (χ1v) is 6.12. The van der Waals surface area contributed by atoms with Gasteiger partial charge in [-0.15, -0.1) is 0 Å². The largest absolute Gasteiger partial charge is 0.364 e. The van der Waals surface area contributed by atoms with Crippen molar-refractivity contribution in [1.29, 1.82) is 0 Å². The van der Waals surface area contributed by atoms with Gasteiger partial charge in [0, 0.05) is 11.9 Å². The second-order valence-electron chi connectivity index (χ2n) is 5.19. The maximum atomic E-state index is 12.0. The molecule has 2 rings (SSSR count). The summed E-state index contributed by atoms with van der Waals surface area (Å²) < 4.78 is 5.64. The molecule has 0 spiro atoms. The van der Waals surface area contributed by atoms with Gasteiger partial charge in [-0.25, -0.2) is 0 Å². The van der Waals surface area contributed by atoms with E-state index in [1.807, 2.05) is 13.8 Å². The van der Waals surface area contributed by atoms with E-state index in [0.717, 1.165) is 6.42 Å². The summed E-state index contributed by atoms with van der Waals surface area (Å²) in [5.74, 6) is -0.846. The zero-order valence-electron chi connectivity index (χ0n) is 11.0. The van der Waals surface area contributed by atoms with E-state index in [4.69, 9.17) is 10.5 Å². The van der Waals surface area contributed by atoms with E-state index < -0.39 is 12.0 Å². The number of anilines is 1. The van der Waals surface area contributed by atoms with E-state index in [-0.39, 0.29) is 17.2 Å². The number of carbonyl (C=O) groups is 2. The fourth-order valence-corrected chi connectivity index (χ4v) is 2.03. The van der Waals surface area contributed by atoms with Crippen LogP contribution in [0.5, 0.6) is 0 Å². The summed E-state index contributed by atoms with van der Waals surface area (Å²) in [6, 6.07) is 3.05. The van der Waals surface area contributed by atoms with Gasteiger partial charge in [0.2, 0.25) is 0 Å². The number of nitrogens with two attached hydrogens (primary N) is 1. The number of hydrogen-bond acceptors (Lipinski definition) is 4. The summed E-state index contributed by atoms with van der Waals surface area (Å²) in [7, 11) is 0. The quantitative estimate of drug-likeness (QED) is 0.853. The SMILES string of the molecule is CC1(C)CC[C@H](C(=O)Nc2ccnc(C(N)=O)c2)O1. The average molecular weight is 263 g/mol. The first-order chi connectivity index (χ1) is 8.87. The highest BCUT2D eigenvalue weighted by Gasteiger charge is 2.35. The van der Waals surface area contributed by atoms with Crippen molar-refractivity contribution < 1.29 is 14.3 Å². The van der Waals surface area contributed by atoms with Crippen molar-refractivity contribution in [1.82, 2.24) is 4.98 Å². The molecule has 6 nitrogen and oxygen atoms in total. The summed E-state index contributed by atoms with van der Waals surface area (Å²) in [5.41, 5.74) is 5.47. The molecule has 0 aliphatic carbocycles. The minimum absolute atomic E-state index is 0.116. The predicted octanol–water partition coefficient (Wildman–Crippen LogP) is 1.08. The van der Waals surface area contributed by atoms with Crippen molar-refractivity contribution in [3.05, 3.63) is 24.0 Å². The van der Waals surface area contributed by atoms with Crippen molar-refractivity contribution in [2.75, 3.05) is 5.32 Å². The fraction of sp³-hybridized carbons (Fsp3) is 0.462. The Morgan fingerprint density at radius 2 is 2.26 bits per heavy atom. The van der Waals surface area contributed by atoms with Crippen LogP contribution in [0.3, 0.4) is 0 Å². The lowest BCUT2D eigenvalue weighted by Gasteiger charge is -2.18. The molecule has 0 bridgehead atoms. The average Bonchev–Trinajstić information content (AvgIpc) is 2.70. The molecule has 0 aromatic carbocycles. The summed E-state index contributed by atoms with van der Waals surface area (Å²) in [4.78, 5) is 26.8. The van der Waals surface area contributed by atoms with Crippen LogP contribution in [0, 0.1) is 0 Å². The number of rotatable bonds is 3. The molecule has 1 aromatic rings. The monoisotopic (exact) mass is 263 g/mol. The number of nitrogens with one attached hydrogen (secondary N) is 1. The third-order valence-electron chi connectivity index (χ3n) is 3.04. The number of amides is 2. The Morgan fingerprint density at radius 1 is 1.53 bits per heavy atom. The van der Waals surface area contributed by atoms with Crippen LogP contribution < -0.4 is 11.1 Å². The minimum Gasteiger partial charge on any atom is -0.364 e. The van der Waals surface area contributed by atoms with Gasteiger partial charge in [-0.1, -0.05) is 0 Å². The predicted molar refractivity (Wildman–Crippen MR) is 69.6 cm³/mol. The molecule has 1 saturated heterocycles. The van der Waals surface area contributed by atoms with Gasteiger partial charge in [0.15, 0.2) is 0 Å². The smallest absolute Gasteiger partial charge is 0.267 e. The number of pyridine rings is 1. The van der Waals surface area contributed by atoms with Crippen LogP contribution >= 0.6 is 0 Å². The Labute approximate surface area is 111 Å². The molecule has 3 N–H and O–H groups in total. The molecule has 1 fully saturated rings. The zero-order chi connectivity index (χ0) is 14.0. The topological polar surface area (TPSA) is 94.3 Å². The first kappa shape index (κ1) is 13.5. The van der Waals surface area contributed by atoms with Crippen molar-refractivity contribution in [3.63, 3.8) is 0 Å². The van der Waals surface area contributed by atoms with Crippen LogP contribution in [-0.2, 0) is 9.53 Å². The molecule has 0 saturated carbocycles. The number of carbonyl (C=O) groups excluding carboxylic acids is 2. The van der Waals surface area contributed by atoms with Gasteiger partial charge < -0.3 is 15.8 Å². The Balaban J connectivity index is 2.03. The van der Waals surface area contributed by atoms with Crippen molar-refractivity contribution in [2.24, 2.45) is 5.73 Å². The van der Waals surface area contributed by atoms with Crippen LogP contribution in [-0.4, -0.2) is 28.5 Å². The van der Waals surface area contributed by atoms with E-state index in [2.05, 4.69) is 10.3 Å². The molecule has 1 aromatic heterocycles. The van der Waals surface area contributed by atoms with E-state index in [1.165, 1.54) is 12.3 Å². The van der Waals surface area contributed by atoms with Gasteiger partial charge in [0.25, 0.3) is 11.8 Å². The maximum absolute atomic E-state index is 12.0. The van der Waals surface area contributed by atoms with Crippen LogP contribution in [0.15, 0.2) is 18.3 Å². The molecule has 1 atom stereocenters. The standard InChI is InChI=1S/C13H17N3O3/c1-13(2)5-3-10(19-13)12(18)16-8-4-6-15-9(7-8)11(14)17/h4,6-7,10H,3,5H2,1-2H3,(H2,14,17)(H,15,16,18)/t10-/m1/s1. The van der Waals surface area contributed by atoms with E-state index >= 15 is 0 Å². The van der Waals surface area contributed by atoms with E-state index in [0.29, 0.717) is 12.1 Å². The Bertz CT molecular complexity index is 514. The maximum Gasteiger partial charge on any atom is 0.267 e. The van der Waals surface area contributed by atoms with Crippen LogP contribution in [0.1, 0.15) is 37.2 Å². The highest BCUT2D eigenvalue weighted by molar-refractivity contribution is 5.96. The summed E-state index contributed by atoms with van der Waals surface area (Å²) in [6.07, 6.45) is 2.50. The highest BCUT2D eigenvalue weighted by Crippen LogP contribution is 2.29. The zero-order valence-corrected chi connectivity index (χ0v) is 11.0. The van der Waals surface area contributed by atoms with Crippen LogP contribution in [0.25, 0.3) is 0 Å². The Morgan fingerprint density at radius 3 is 2.84 bits per heavy atom. The van der Waals surface area contributed by atoms with Crippen LogP contribution in [0.2, 0.25) is 0 Å². The highest BCUT2D eigenvalue weighted by atomic mass is 16.5.